The average Bonchev–Trinajstić information content (AvgIpc) is 2.29. The molecule has 0 saturated carbocycles. The van der Waals surface area contributed by atoms with Crippen molar-refractivity contribution in [3.8, 4) is 0 Å². The summed E-state index contributed by atoms with van der Waals surface area (Å²) in [6.07, 6.45) is 2.04. The molecule has 0 bridgehead atoms. The average molecular weight is 216 g/mol. The highest BCUT2D eigenvalue weighted by molar-refractivity contribution is 5.82. The van der Waals surface area contributed by atoms with Crippen LogP contribution >= 0.6 is 0 Å². The lowest BCUT2D eigenvalue weighted by Crippen LogP contribution is -2.69. The Morgan fingerprint density at radius 1 is 1.38 bits per heavy atom. The molecule has 0 saturated heterocycles. The van der Waals surface area contributed by atoms with Crippen molar-refractivity contribution in [2.24, 2.45) is 0 Å². The lowest BCUT2D eigenvalue weighted by atomic mass is 10.0. The number of aromatic nitrogens is 1. The zero-order valence-electron chi connectivity index (χ0n) is 8.72. The molecule has 0 aliphatic heterocycles. The van der Waals surface area contributed by atoms with Crippen molar-refractivity contribution in [2.45, 2.75) is 12.5 Å². The van der Waals surface area contributed by atoms with Gasteiger partial charge < -0.3 is 15.6 Å². The summed E-state index contributed by atoms with van der Waals surface area (Å²) < 4.78 is 0. The minimum atomic E-state index is -1.13. The van der Waals surface area contributed by atoms with Gasteiger partial charge in [0, 0.05) is 18.0 Å². The van der Waals surface area contributed by atoms with Crippen LogP contribution in [0.25, 0.3) is 10.9 Å². The molecule has 1 atom stereocenters. The maximum atomic E-state index is 10.6. The second-order valence-electron chi connectivity index (χ2n) is 3.71. The zero-order chi connectivity index (χ0) is 11.5. The van der Waals surface area contributed by atoms with Crippen molar-refractivity contribution in [2.75, 3.05) is 0 Å². The van der Waals surface area contributed by atoms with Crippen molar-refractivity contribution in [3.63, 3.8) is 0 Å². The molecule has 4 heteroatoms. The van der Waals surface area contributed by atoms with Crippen LogP contribution in [0, 0.1) is 0 Å². The zero-order valence-corrected chi connectivity index (χ0v) is 8.72. The SMILES string of the molecule is [NH3+][C@@H](Cc1cccc2cccnc12)C(=O)[O-]. The largest absolute Gasteiger partial charge is 0.544 e. The Kier molecular flexibility index (Phi) is 2.83. The number of hydrogen-bond donors (Lipinski definition) is 1. The topological polar surface area (TPSA) is 80.7 Å². The number of benzene rings is 1. The van der Waals surface area contributed by atoms with Gasteiger partial charge >= 0.3 is 0 Å². The first-order valence-electron chi connectivity index (χ1n) is 5.05. The van der Waals surface area contributed by atoms with Crippen LogP contribution in [-0.4, -0.2) is 17.0 Å². The molecule has 1 aromatic heterocycles. The fourth-order valence-corrected chi connectivity index (χ4v) is 1.68. The summed E-state index contributed by atoms with van der Waals surface area (Å²) >= 11 is 0. The highest BCUT2D eigenvalue weighted by atomic mass is 16.4. The minimum Gasteiger partial charge on any atom is -0.544 e. The fraction of sp³-hybridized carbons (Fsp3) is 0.167. The highest BCUT2D eigenvalue weighted by Gasteiger charge is 2.11. The van der Waals surface area contributed by atoms with E-state index in [0.717, 1.165) is 16.5 Å². The van der Waals surface area contributed by atoms with Crippen molar-refractivity contribution in [3.05, 3.63) is 42.1 Å². The Balaban J connectivity index is 2.41. The first-order valence-corrected chi connectivity index (χ1v) is 5.05. The lowest BCUT2D eigenvalue weighted by Gasteiger charge is -2.10. The second-order valence-corrected chi connectivity index (χ2v) is 3.71. The summed E-state index contributed by atoms with van der Waals surface area (Å²) in [6, 6.07) is 8.77. The molecular weight excluding hydrogens is 204 g/mol. The van der Waals surface area contributed by atoms with E-state index in [0.29, 0.717) is 6.42 Å². The third-order valence-corrected chi connectivity index (χ3v) is 2.52. The van der Waals surface area contributed by atoms with Crippen LogP contribution < -0.4 is 10.8 Å². The Bertz CT molecular complexity index is 520. The number of carboxylic acid groups (broad SMARTS) is 1. The predicted molar refractivity (Wildman–Crippen MR) is 57.1 cm³/mol. The number of carbonyl (C=O) groups excluding carboxylic acids is 1. The molecule has 1 heterocycles. The van der Waals surface area contributed by atoms with Crippen LogP contribution in [0.2, 0.25) is 0 Å². The van der Waals surface area contributed by atoms with Gasteiger partial charge in [-0.1, -0.05) is 24.3 Å². The highest BCUT2D eigenvalue weighted by Crippen LogP contribution is 2.16. The first kappa shape index (κ1) is 10.6. The van der Waals surface area contributed by atoms with E-state index >= 15 is 0 Å². The van der Waals surface area contributed by atoms with Crippen molar-refractivity contribution < 1.29 is 15.6 Å². The summed E-state index contributed by atoms with van der Waals surface area (Å²) in [5.74, 6) is -1.13. The number of carbonyl (C=O) groups is 1. The molecule has 82 valence electrons. The molecule has 0 unspecified atom stereocenters. The number of para-hydroxylation sites is 1. The van der Waals surface area contributed by atoms with Gasteiger partial charge in [-0.15, -0.1) is 0 Å². The Morgan fingerprint density at radius 2 is 2.12 bits per heavy atom. The quantitative estimate of drug-likeness (QED) is 0.724. The standard InChI is InChI=1S/C12H12N2O2/c13-10(12(15)16)7-9-4-1-3-8-5-2-6-14-11(8)9/h1-6,10H,7,13H2,(H,15,16)/t10-/m0/s1. The third kappa shape index (κ3) is 2.01. The normalized spacial score (nSPS) is 12.6. The Labute approximate surface area is 92.7 Å². The van der Waals surface area contributed by atoms with Gasteiger partial charge in [-0.05, 0) is 11.6 Å². The van der Waals surface area contributed by atoms with Crippen LogP contribution in [0.15, 0.2) is 36.5 Å². The van der Waals surface area contributed by atoms with Crippen LogP contribution in [0.5, 0.6) is 0 Å². The van der Waals surface area contributed by atoms with E-state index in [1.807, 2.05) is 30.3 Å². The first-order chi connectivity index (χ1) is 7.68. The van der Waals surface area contributed by atoms with Gasteiger partial charge in [0.2, 0.25) is 0 Å². The van der Waals surface area contributed by atoms with Crippen LogP contribution in [0.3, 0.4) is 0 Å². The number of quaternary nitrogens is 1. The molecule has 1 aromatic carbocycles. The second kappa shape index (κ2) is 4.28. The molecule has 0 aliphatic carbocycles. The maximum absolute atomic E-state index is 10.6. The van der Waals surface area contributed by atoms with E-state index in [1.165, 1.54) is 0 Å². The number of carboxylic acids is 1. The van der Waals surface area contributed by atoms with Gasteiger partial charge in [-0.2, -0.15) is 0 Å². The molecule has 2 rings (SSSR count). The van der Waals surface area contributed by atoms with E-state index in [1.54, 1.807) is 6.20 Å². The van der Waals surface area contributed by atoms with Crippen LogP contribution in [-0.2, 0) is 11.2 Å². The summed E-state index contributed by atoms with van der Waals surface area (Å²) in [5, 5.41) is 11.7. The number of pyridine rings is 1. The van der Waals surface area contributed by atoms with Gasteiger partial charge in [-0.25, -0.2) is 0 Å². The summed E-state index contributed by atoms with van der Waals surface area (Å²) in [6.45, 7) is 0. The van der Waals surface area contributed by atoms with Gasteiger partial charge in [-0.3, -0.25) is 4.98 Å². The van der Waals surface area contributed by atoms with Gasteiger partial charge in [0.1, 0.15) is 6.04 Å². The molecule has 4 nitrogen and oxygen atoms in total. The fourth-order valence-electron chi connectivity index (χ4n) is 1.68. The van der Waals surface area contributed by atoms with Crippen molar-refractivity contribution in [1.29, 1.82) is 0 Å². The number of rotatable bonds is 3. The molecule has 0 spiro atoms. The summed E-state index contributed by atoms with van der Waals surface area (Å²) in [4.78, 5) is 14.9. The Morgan fingerprint density at radius 3 is 2.88 bits per heavy atom. The van der Waals surface area contributed by atoms with Gasteiger partial charge in [0.05, 0.1) is 11.5 Å². The number of aliphatic carboxylic acids is 1. The van der Waals surface area contributed by atoms with Crippen LogP contribution in [0.4, 0.5) is 0 Å². The van der Waals surface area contributed by atoms with Gasteiger partial charge in [0.25, 0.3) is 0 Å². The van der Waals surface area contributed by atoms with E-state index in [2.05, 4.69) is 10.7 Å². The van der Waals surface area contributed by atoms with E-state index in [9.17, 15) is 9.90 Å². The molecule has 0 aliphatic rings. The van der Waals surface area contributed by atoms with Crippen molar-refractivity contribution in [1.82, 2.24) is 4.98 Å². The number of hydrogen-bond acceptors (Lipinski definition) is 3. The third-order valence-electron chi connectivity index (χ3n) is 2.52. The Hall–Kier alpha value is -1.94. The monoisotopic (exact) mass is 216 g/mol. The number of nitrogens with zero attached hydrogens (tertiary/aromatic N) is 1. The molecule has 16 heavy (non-hydrogen) atoms. The predicted octanol–water partition coefficient (Wildman–Crippen LogP) is -0.862. The molecule has 0 radical (unpaired) electrons. The summed E-state index contributed by atoms with van der Waals surface area (Å²) in [7, 11) is 0. The lowest BCUT2D eigenvalue weighted by molar-refractivity contribution is -0.436. The molecule has 0 amide bonds. The van der Waals surface area contributed by atoms with E-state index in [4.69, 9.17) is 0 Å². The van der Waals surface area contributed by atoms with E-state index < -0.39 is 12.0 Å². The molecule has 3 N–H and O–H groups in total. The van der Waals surface area contributed by atoms with E-state index in [-0.39, 0.29) is 0 Å². The molecular formula is C12H12N2O2. The molecule has 2 aromatic rings. The maximum Gasteiger partial charge on any atom is 0.129 e. The van der Waals surface area contributed by atoms with Gasteiger partial charge in [0.15, 0.2) is 0 Å². The molecule has 0 fully saturated rings. The number of fused-ring (bicyclic) bond motifs is 1. The summed E-state index contributed by atoms with van der Waals surface area (Å²) in [5.41, 5.74) is 5.27. The van der Waals surface area contributed by atoms with Crippen LogP contribution in [0.1, 0.15) is 5.56 Å². The smallest absolute Gasteiger partial charge is 0.129 e. The minimum absolute atomic E-state index is 0.344. The van der Waals surface area contributed by atoms with Crippen molar-refractivity contribution >= 4 is 16.9 Å².